The number of aromatic nitrogens is 1. The number of pyridine rings is 1. The van der Waals surface area contributed by atoms with Gasteiger partial charge in [0, 0.05) is 30.8 Å². The first kappa shape index (κ1) is 15.9. The Hall–Kier alpha value is -3.03. The predicted octanol–water partition coefficient (Wildman–Crippen LogP) is 2.46. The van der Waals surface area contributed by atoms with Gasteiger partial charge in [-0.1, -0.05) is 0 Å². The molecule has 0 bridgehead atoms. The molecule has 1 aliphatic heterocycles. The highest BCUT2D eigenvalue weighted by Crippen LogP contribution is 2.18. The number of carbonyl (C=O) groups is 1. The van der Waals surface area contributed by atoms with E-state index in [4.69, 9.17) is 0 Å². The number of halogens is 1. The second-order valence-corrected chi connectivity index (χ2v) is 5.55. The molecule has 1 saturated heterocycles. The lowest BCUT2D eigenvalue weighted by Gasteiger charge is -2.17. The van der Waals surface area contributed by atoms with Crippen molar-refractivity contribution in [2.75, 3.05) is 18.4 Å². The third-order valence-electron chi connectivity index (χ3n) is 3.88. The number of benzene rings is 1. The maximum atomic E-state index is 12.9. The van der Waals surface area contributed by atoms with Crippen LogP contribution in [0.15, 0.2) is 42.6 Å². The highest BCUT2D eigenvalue weighted by atomic mass is 19.1. The maximum Gasteiger partial charge on any atom is 0.287 e. The van der Waals surface area contributed by atoms with Crippen molar-refractivity contribution in [3.8, 4) is 0 Å². The number of carbonyl (C=O) groups excluding carboxylic acids is 1. The number of nitrogens with one attached hydrogen (secondary N) is 1. The summed E-state index contributed by atoms with van der Waals surface area (Å²) < 4.78 is 12.9. The Kier molecular flexibility index (Phi) is 4.37. The van der Waals surface area contributed by atoms with E-state index in [-0.39, 0.29) is 23.5 Å². The highest BCUT2D eigenvalue weighted by Gasteiger charge is 2.27. The van der Waals surface area contributed by atoms with Crippen molar-refractivity contribution < 1.29 is 14.1 Å². The average molecular weight is 330 g/mol. The SMILES string of the molecule is O=C(c1ccc(F)cc1)N1CCC(Nc2ccc([N+](=O)[O-])cn2)C1. The standard InChI is InChI=1S/C16H15FN4O3/c17-12-3-1-11(2-4-12)16(22)20-8-7-13(10-20)19-15-6-5-14(9-18-15)21(23)24/h1-6,9,13H,7-8,10H2,(H,18,19). The lowest BCUT2D eigenvalue weighted by Crippen LogP contribution is -2.31. The Balaban J connectivity index is 1.59. The van der Waals surface area contributed by atoms with E-state index in [1.807, 2.05) is 0 Å². The summed E-state index contributed by atoms with van der Waals surface area (Å²) in [4.78, 5) is 28.2. The first-order valence-electron chi connectivity index (χ1n) is 7.45. The molecule has 124 valence electrons. The van der Waals surface area contributed by atoms with Gasteiger partial charge in [-0.25, -0.2) is 9.37 Å². The molecule has 0 spiro atoms. The quantitative estimate of drug-likeness (QED) is 0.687. The molecule has 1 atom stereocenters. The molecule has 8 heteroatoms. The minimum atomic E-state index is -0.505. The smallest absolute Gasteiger partial charge is 0.287 e. The lowest BCUT2D eigenvalue weighted by atomic mass is 10.2. The van der Waals surface area contributed by atoms with Gasteiger partial charge in [-0.2, -0.15) is 0 Å². The number of likely N-dealkylation sites (tertiary alicyclic amines) is 1. The van der Waals surface area contributed by atoms with Gasteiger partial charge < -0.3 is 10.2 Å². The van der Waals surface area contributed by atoms with Gasteiger partial charge in [0.1, 0.15) is 17.8 Å². The first-order chi connectivity index (χ1) is 11.5. The number of hydrogen-bond acceptors (Lipinski definition) is 5. The van der Waals surface area contributed by atoms with Gasteiger partial charge in [-0.15, -0.1) is 0 Å². The zero-order valence-electron chi connectivity index (χ0n) is 12.7. The zero-order chi connectivity index (χ0) is 17.1. The fourth-order valence-electron chi connectivity index (χ4n) is 2.63. The second-order valence-electron chi connectivity index (χ2n) is 5.55. The van der Waals surface area contributed by atoms with Crippen molar-refractivity contribution >= 4 is 17.4 Å². The highest BCUT2D eigenvalue weighted by molar-refractivity contribution is 5.94. The summed E-state index contributed by atoms with van der Waals surface area (Å²) in [5, 5.41) is 13.8. The van der Waals surface area contributed by atoms with Gasteiger partial charge in [-0.3, -0.25) is 14.9 Å². The van der Waals surface area contributed by atoms with Crippen molar-refractivity contribution in [3.05, 3.63) is 64.1 Å². The Bertz CT molecular complexity index is 749. The van der Waals surface area contributed by atoms with Crippen LogP contribution in [0.5, 0.6) is 0 Å². The van der Waals surface area contributed by atoms with Crippen molar-refractivity contribution in [3.63, 3.8) is 0 Å². The second kappa shape index (κ2) is 6.61. The van der Waals surface area contributed by atoms with E-state index >= 15 is 0 Å². The maximum absolute atomic E-state index is 12.9. The molecule has 2 heterocycles. The van der Waals surface area contributed by atoms with Gasteiger partial charge >= 0.3 is 0 Å². The summed E-state index contributed by atoms with van der Waals surface area (Å²) in [7, 11) is 0. The first-order valence-corrected chi connectivity index (χ1v) is 7.45. The van der Waals surface area contributed by atoms with Crippen LogP contribution in [0.25, 0.3) is 0 Å². The van der Waals surface area contributed by atoms with Crippen LogP contribution < -0.4 is 5.32 Å². The van der Waals surface area contributed by atoms with Crippen molar-refractivity contribution in [1.29, 1.82) is 0 Å². The molecule has 1 fully saturated rings. The molecular formula is C16H15FN4O3. The summed E-state index contributed by atoms with van der Waals surface area (Å²) in [6.07, 6.45) is 1.93. The lowest BCUT2D eigenvalue weighted by molar-refractivity contribution is -0.385. The molecule has 3 rings (SSSR count). The van der Waals surface area contributed by atoms with E-state index in [9.17, 15) is 19.3 Å². The molecule has 24 heavy (non-hydrogen) atoms. The summed E-state index contributed by atoms with van der Waals surface area (Å²) in [6.45, 7) is 1.08. The van der Waals surface area contributed by atoms with Crippen LogP contribution in [0, 0.1) is 15.9 Å². The van der Waals surface area contributed by atoms with Crippen LogP contribution in [-0.4, -0.2) is 39.8 Å². The van der Waals surface area contributed by atoms with Crippen molar-refractivity contribution in [2.24, 2.45) is 0 Å². The molecule has 1 aliphatic rings. The van der Waals surface area contributed by atoms with Crippen LogP contribution in [-0.2, 0) is 0 Å². The summed E-state index contributed by atoms with van der Waals surface area (Å²) >= 11 is 0. The van der Waals surface area contributed by atoms with E-state index in [0.717, 1.165) is 6.42 Å². The van der Waals surface area contributed by atoms with Gasteiger partial charge in [0.05, 0.1) is 4.92 Å². The number of nitro groups is 1. The number of rotatable bonds is 4. The van der Waals surface area contributed by atoms with Crippen LogP contribution in [0.3, 0.4) is 0 Å². The van der Waals surface area contributed by atoms with Crippen LogP contribution in [0.4, 0.5) is 15.9 Å². The van der Waals surface area contributed by atoms with Gasteiger partial charge in [0.25, 0.3) is 11.6 Å². The Labute approximate surface area is 137 Å². The van der Waals surface area contributed by atoms with Crippen LogP contribution >= 0.6 is 0 Å². The molecule has 1 N–H and O–H groups in total. The van der Waals surface area contributed by atoms with Gasteiger partial charge in [-0.05, 0) is 36.8 Å². The molecule has 1 aromatic carbocycles. The van der Waals surface area contributed by atoms with Gasteiger partial charge in [0.15, 0.2) is 0 Å². The van der Waals surface area contributed by atoms with Gasteiger partial charge in [0.2, 0.25) is 0 Å². The Morgan fingerprint density at radius 3 is 2.67 bits per heavy atom. The molecule has 2 aromatic rings. The number of nitrogens with zero attached hydrogens (tertiary/aromatic N) is 3. The fourth-order valence-corrected chi connectivity index (χ4v) is 2.63. The molecule has 1 unspecified atom stereocenters. The zero-order valence-corrected chi connectivity index (χ0v) is 12.7. The average Bonchev–Trinajstić information content (AvgIpc) is 3.04. The molecule has 0 aliphatic carbocycles. The molecule has 0 saturated carbocycles. The van der Waals surface area contributed by atoms with E-state index in [1.54, 1.807) is 11.0 Å². The van der Waals surface area contributed by atoms with E-state index in [0.29, 0.717) is 24.5 Å². The fraction of sp³-hybridized carbons (Fsp3) is 0.250. The van der Waals surface area contributed by atoms with Crippen LogP contribution in [0.2, 0.25) is 0 Å². The monoisotopic (exact) mass is 330 g/mol. The molecule has 1 amide bonds. The minimum absolute atomic E-state index is 0.0170. The van der Waals surface area contributed by atoms with Crippen molar-refractivity contribution in [1.82, 2.24) is 9.88 Å². The summed E-state index contributed by atoms with van der Waals surface area (Å²) in [6, 6.07) is 8.41. The summed E-state index contributed by atoms with van der Waals surface area (Å²) in [5.74, 6) is 0.00870. The Morgan fingerprint density at radius 2 is 2.04 bits per heavy atom. The molecular weight excluding hydrogens is 315 g/mol. The Morgan fingerprint density at radius 1 is 1.29 bits per heavy atom. The van der Waals surface area contributed by atoms with Crippen LogP contribution in [0.1, 0.15) is 16.8 Å². The van der Waals surface area contributed by atoms with E-state index in [1.165, 1.54) is 36.5 Å². The summed E-state index contributed by atoms with van der Waals surface area (Å²) in [5.41, 5.74) is 0.380. The molecule has 7 nitrogen and oxygen atoms in total. The van der Waals surface area contributed by atoms with E-state index < -0.39 is 4.92 Å². The predicted molar refractivity (Wildman–Crippen MR) is 85.2 cm³/mol. The number of amides is 1. The van der Waals surface area contributed by atoms with Crippen molar-refractivity contribution in [2.45, 2.75) is 12.5 Å². The molecule has 0 radical (unpaired) electrons. The third-order valence-corrected chi connectivity index (χ3v) is 3.88. The molecule has 1 aromatic heterocycles. The topological polar surface area (TPSA) is 88.4 Å². The normalized spacial score (nSPS) is 16.9. The third kappa shape index (κ3) is 3.48. The van der Waals surface area contributed by atoms with E-state index in [2.05, 4.69) is 10.3 Å². The number of anilines is 1. The number of hydrogen-bond donors (Lipinski definition) is 1. The largest absolute Gasteiger partial charge is 0.365 e. The minimum Gasteiger partial charge on any atom is -0.365 e.